The van der Waals surface area contributed by atoms with Gasteiger partial charge in [0.2, 0.25) is 11.8 Å². The van der Waals surface area contributed by atoms with E-state index < -0.39 is 6.04 Å². The lowest BCUT2D eigenvalue weighted by Crippen LogP contribution is -2.47. The minimum Gasteiger partial charge on any atom is -0.374 e. The Balaban J connectivity index is 1.29. The highest BCUT2D eigenvalue weighted by atomic mass is 19.1. The van der Waals surface area contributed by atoms with Crippen molar-refractivity contribution in [3.63, 3.8) is 0 Å². The molecule has 1 aromatic carbocycles. The normalized spacial score (nSPS) is 28.3. The van der Waals surface area contributed by atoms with Crippen molar-refractivity contribution in [1.82, 2.24) is 5.32 Å². The second kappa shape index (κ2) is 9.33. The zero-order valence-corrected chi connectivity index (χ0v) is 17.5. The van der Waals surface area contributed by atoms with E-state index in [1.165, 1.54) is 25.3 Å². The Bertz CT molecular complexity index is 770. The molecule has 1 saturated carbocycles. The minimum atomic E-state index is -0.502. The summed E-state index contributed by atoms with van der Waals surface area (Å²) in [6.07, 6.45) is 9.08. The van der Waals surface area contributed by atoms with Crippen LogP contribution in [0.4, 0.5) is 15.8 Å². The topological polar surface area (TPSA) is 87.5 Å². The van der Waals surface area contributed by atoms with Gasteiger partial charge in [0.05, 0.1) is 5.69 Å². The number of nitrogens with two attached hydrogens (primary N) is 1. The molecule has 2 saturated heterocycles. The maximum absolute atomic E-state index is 14.8. The number of rotatable bonds is 5. The molecule has 1 unspecified atom stereocenters. The van der Waals surface area contributed by atoms with Gasteiger partial charge in [-0.25, -0.2) is 4.39 Å². The summed E-state index contributed by atoms with van der Waals surface area (Å²) < 4.78 is 14.8. The lowest BCUT2D eigenvalue weighted by molar-refractivity contribution is -0.133. The molecule has 0 bridgehead atoms. The molecule has 4 N–H and O–H groups in total. The van der Waals surface area contributed by atoms with Gasteiger partial charge in [0.1, 0.15) is 11.9 Å². The van der Waals surface area contributed by atoms with Crippen LogP contribution in [0.15, 0.2) is 18.2 Å². The maximum Gasteiger partial charge on any atom is 0.249 e. The first-order valence-corrected chi connectivity index (χ1v) is 11.4. The number of anilines is 2. The van der Waals surface area contributed by atoms with E-state index in [9.17, 15) is 14.0 Å². The average molecular weight is 417 g/mol. The van der Waals surface area contributed by atoms with E-state index in [1.54, 1.807) is 6.07 Å². The lowest BCUT2D eigenvalue weighted by Gasteiger charge is -2.36. The van der Waals surface area contributed by atoms with Crippen molar-refractivity contribution in [3.05, 3.63) is 24.0 Å². The van der Waals surface area contributed by atoms with E-state index in [0.717, 1.165) is 50.6 Å². The number of amides is 2. The van der Waals surface area contributed by atoms with Crippen LogP contribution in [0.1, 0.15) is 57.8 Å². The van der Waals surface area contributed by atoms with E-state index in [4.69, 9.17) is 5.73 Å². The Labute approximate surface area is 177 Å². The standard InChI is InChI=1S/C23H33FN4O2/c24-19-14-18(26-20-6-8-22(29)27-23(20)30)5-7-21(19)28-11-9-16(10-12-28)13-15-1-3-17(25)4-2-15/h5,7,14-17,20,26H,1-4,6,8-13,25H2,(H,27,29,30). The molecular formula is C23H33FN4O2. The van der Waals surface area contributed by atoms with Crippen LogP contribution in [0, 0.1) is 17.7 Å². The molecule has 2 amide bonds. The monoisotopic (exact) mass is 416 g/mol. The molecule has 3 aliphatic rings. The number of carbonyl (C=O) groups is 2. The summed E-state index contributed by atoms with van der Waals surface area (Å²) in [5, 5.41) is 5.36. The second-order valence-corrected chi connectivity index (χ2v) is 9.26. The molecule has 1 atom stereocenters. The van der Waals surface area contributed by atoms with Gasteiger partial charge in [-0.15, -0.1) is 0 Å². The Morgan fingerprint density at radius 3 is 2.40 bits per heavy atom. The Morgan fingerprint density at radius 1 is 1.03 bits per heavy atom. The smallest absolute Gasteiger partial charge is 0.249 e. The third-order valence-electron chi connectivity index (χ3n) is 7.04. The van der Waals surface area contributed by atoms with E-state index >= 15 is 0 Å². The van der Waals surface area contributed by atoms with Gasteiger partial charge in [-0.2, -0.15) is 0 Å². The number of imide groups is 1. The van der Waals surface area contributed by atoms with Gasteiger partial charge < -0.3 is 16.0 Å². The third kappa shape index (κ3) is 5.12. The van der Waals surface area contributed by atoms with Crippen LogP contribution in [-0.4, -0.2) is 37.0 Å². The molecule has 1 aliphatic carbocycles. The van der Waals surface area contributed by atoms with Gasteiger partial charge in [-0.1, -0.05) is 0 Å². The highest BCUT2D eigenvalue weighted by Crippen LogP contribution is 2.34. The van der Waals surface area contributed by atoms with Gasteiger partial charge in [0.15, 0.2) is 0 Å². The molecule has 7 heteroatoms. The third-order valence-corrected chi connectivity index (χ3v) is 7.04. The molecule has 4 rings (SSSR count). The molecule has 0 radical (unpaired) electrons. The zero-order chi connectivity index (χ0) is 21.1. The molecule has 1 aromatic rings. The second-order valence-electron chi connectivity index (χ2n) is 9.26. The average Bonchev–Trinajstić information content (AvgIpc) is 2.73. The van der Waals surface area contributed by atoms with Gasteiger partial charge in [-0.3, -0.25) is 14.9 Å². The Hall–Kier alpha value is -2.15. The minimum absolute atomic E-state index is 0.255. The summed E-state index contributed by atoms with van der Waals surface area (Å²) in [5.41, 5.74) is 7.22. The number of nitrogens with one attached hydrogen (secondary N) is 2. The number of benzene rings is 1. The first kappa shape index (κ1) is 21.1. The number of carbonyl (C=O) groups excluding carboxylic acids is 2. The highest BCUT2D eigenvalue weighted by Gasteiger charge is 2.28. The summed E-state index contributed by atoms with van der Waals surface area (Å²) in [4.78, 5) is 25.3. The Morgan fingerprint density at radius 2 is 1.73 bits per heavy atom. The van der Waals surface area contributed by atoms with Crippen molar-refractivity contribution < 1.29 is 14.0 Å². The van der Waals surface area contributed by atoms with Gasteiger partial charge in [0, 0.05) is 31.2 Å². The number of hydrogen-bond acceptors (Lipinski definition) is 5. The van der Waals surface area contributed by atoms with Crippen LogP contribution >= 0.6 is 0 Å². The van der Waals surface area contributed by atoms with Crippen LogP contribution in [0.2, 0.25) is 0 Å². The predicted octanol–water partition coefficient (Wildman–Crippen LogP) is 3.17. The van der Waals surface area contributed by atoms with Crippen molar-refractivity contribution in [2.24, 2.45) is 17.6 Å². The SMILES string of the molecule is NC1CCC(CC2CCN(c3ccc(NC4CCC(=O)NC4=O)cc3F)CC2)CC1. The summed E-state index contributed by atoms with van der Waals surface area (Å²) in [7, 11) is 0. The summed E-state index contributed by atoms with van der Waals surface area (Å²) in [6, 6.07) is 4.97. The van der Waals surface area contributed by atoms with Crippen LogP contribution in [0.25, 0.3) is 0 Å². The molecule has 30 heavy (non-hydrogen) atoms. The number of hydrogen-bond donors (Lipinski definition) is 3. The van der Waals surface area contributed by atoms with Gasteiger partial charge in [0.25, 0.3) is 0 Å². The van der Waals surface area contributed by atoms with Crippen molar-refractivity contribution in [2.45, 2.75) is 69.9 Å². The van der Waals surface area contributed by atoms with E-state index in [2.05, 4.69) is 15.5 Å². The van der Waals surface area contributed by atoms with Crippen molar-refractivity contribution in [1.29, 1.82) is 0 Å². The number of nitrogens with zero attached hydrogens (tertiary/aromatic N) is 1. The fourth-order valence-electron chi connectivity index (χ4n) is 5.19. The molecular weight excluding hydrogens is 383 g/mol. The van der Waals surface area contributed by atoms with Crippen LogP contribution in [0.3, 0.4) is 0 Å². The molecule has 6 nitrogen and oxygen atoms in total. The summed E-state index contributed by atoms with van der Waals surface area (Å²) in [5.74, 6) is 0.674. The van der Waals surface area contributed by atoms with E-state index in [1.807, 2.05) is 6.07 Å². The number of halogens is 1. The Kier molecular flexibility index (Phi) is 6.56. The van der Waals surface area contributed by atoms with E-state index in [0.29, 0.717) is 30.3 Å². The molecule has 0 spiro atoms. The molecule has 2 aliphatic heterocycles. The first-order valence-electron chi connectivity index (χ1n) is 11.4. The highest BCUT2D eigenvalue weighted by molar-refractivity contribution is 6.01. The molecule has 0 aromatic heterocycles. The molecule has 164 valence electrons. The fraction of sp³-hybridized carbons (Fsp3) is 0.652. The van der Waals surface area contributed by atoms with Crippen molar-refractivity contribution >= 4 is 23.2 Å². The zero-order valence-electron chi connectivity index (χ0n) is 17.5. The van der Waals surface area contributed by atoms with Crippen LogP contribution < -0.4 is 21.3 Å². The maximum atomic E-state index is 14.8. The largest absolute Gasteiger partial charge is 0.374 e. The van der Waals surface area contributed by atoms with Gasteiger partial charge in [-0.05, 0) is 81.4 Å². The van der Waals surface area contributed by atoms with Crippen LogP contribution in [0.5, 0.6) is 0 Å². The fourth-order valence-corrected chi connectivity index (χ4v) is 5.19. The predicted molar refractivity (Wildman–Crippen MR) is 116 cm³/mol. The summed E-state index contributed by atoms with van der Waals surface area (Å²) in [6.45, 7) is 1.77. The van der Waals surface area contributed by atoms with Crippen LogP contribution in [-0.2, 0) is 9.59 Å². The van der Waals surface area contributed by atoms with Crippen molar-refractivity contribution in [3.8, 4) is 0 Å². The molecule has 2 heterocycles. The lowest BCUT2D eigenvalue weighted by atomic mass is 9.78. The molecule has 3 fully saturated rings. The first-order chi connectivity index (χ1) is 14.5. The number of piperidine rings is 2. The van der Waals surface area contributed by atoms with E-state index in [-0.39, 0.29) is 17.6 Å². The van der Waals surface area contributed by atoms with Gasteiger partial charge >= 0.3 is 0 Å². The quantitative estimate of drug-likeness (QED) is 0.642. The summed E-state index contributed by atoms with van der Waals surface area (Å²) >= 11 is 0. The van der Waals surface area contributed by atoms with Crippen molar-refractivity contribution in [2.75, 3.05) is 23.3 Å².